The molecule has 1 aromatic heterocycles. The third-order valence-electron chi connectivity index (χ3n) is 6.48. The van der Waals surface area contributed by atoms with Crippen molar-refractivity contribution < 1.29 is 4.79 Å². The molecule has 1 aliphatic heterocycles. The molecule has 0 fully saturated rings. The van der Waals surface area contributed by atoms with Gasteiger partial charge in [0.1, 0.15) is 11.4 Å². The highest BCUT2D eigenvalue weighted by atomic mass is 16.2. The molecule has 1 amide bonds. The van der Waals surface area contributed by atoms with Gasteiger partial charge in [0, 0.05) is 17.0 Å². The number of hydrogen-bond donors (Lipinski definition) is 0. The van der Waals surface area contributed by atoms with Gasteiger partial charge in [-0.2, -0.15) is 0 Å². The second-order valence-corrected chi connectivity index (χ2v) is 8.97. The van der Waals surface area contributed by atoms with Gasteiger partial charge in [0.15, 0.2) is 0 Å². The lowest BCUT2D eigenvalue weighted by molar-refractivity contribution is -0.121. The van der Waals surface area contributed by atoms with Gasteiger partial charge in [-0.05, 0) is 48.7 Å². The second kappa shape index (κ2) is 8.75. The van der Waals surface area contributed by atoms with Crippen molar-refractivity contribution in [3.8, 4) is 28.2 Å². The van der Waals surface area contributed by atoms with Gasteiger partial charge in [-0.1, -0.05) is 79.7 Å². The van der Waals surface area contributed by atoms with Crippen molar-refractivity contribution in [1.29, 1.82) is 0 Å². The minimum Gasteiger partial charge on any atom is -0.307 e. The number of para-hydroxylation sites is 1. The number of fused-ring (bicyclic) bond motifs is 5. The zero-order valence-corrected chi connectivity index (χ0v) is 20.0. The molecule has 0 N–H and O–H groups in total. The summed E-state index contributed by atoms with van der Waals surface area (Å²) in [5.41, 5.74) is 8.95. The predicted molar refractivity (Wildman–Crippen MR) is 138 cm³/mol. The van der Waals surface area contributed by atoms with Gasteiger partial charge in [0.2, 0.25) is 5.91 Å². The van der Waals surface area contributed by atoms with Gasteiger partial charge in [-0.15, -0.1) is 5.10 Å². The molecule has 0 spiro atoms. The number of carbonyl (C=O) groups excluding carboxylic acids is 1. The molecule has 4 aromatic rings. The van der Waals surface area contributed by atoms with E-state index in [9.17, 15) is 4.79 Å². The molecule has 5 rings (SSSR count). The maximum atomic E-state index is 13.3. The van der Waals surface area contributed by atoms with Gasteiger partial charge in [0.05, 0.1) is 17.9 Å². The van der Waals surface area contributed by atoms with Crippen LogP contribution in [-0.4, -0.2) is 20.9 Å². The Kier molecular flexibility index (Phi) is 5.62. The summed E-state index contributed by atoms with van der Waals surface area (Å²) >= 11 is 0. The van der Waals surface area contributed by atoms with Crippen LogP contribution in [0, 0.1) is 5.92 Å². The SMILES string of the molecule is C/C=C(/C)c1ccc(-n2nnc3c2-c2ccccc2CN(C(=O)C(C)C)c2ccccc2-3)cc1. The lowest BCUT2D eigenvalue weighted by atomic mass is 9.95. The monoisotopic (exact) mass is 448 g/mol. The third-order valence-corrected chi connectivity index (χ3v) is 6.48. The Balaban J connectivity index is 1.76. The number of amides is 1. The first-order chi connectivity index (χ1) is 16.5. The fraction of sp³-hybridized carbons (Fsp3) is 0.207. The van der Waals surface area contributed by atoms with Crippen LogP contribution in [0.5, 0.6) is 0 Å². The first kappa shape index (κ1) is 21.8. The van der Waals surface area contributed by atoms with Crippen molar-refractivity contribution in [3.05, 3.63) is 90.0 Å². The van der Waals surface area contributed by atoms with Crippen molar-refractivity contribution in [3.63, 3.8) is 0 Å². The maximum Gasteiger partial charge on any atom is 0.229 e. The summed E-state index contributed by atoms with van der Waals surface area (Å²) in [6.45, 7) is 8.53. The van der Waals surface area contributed by atoms with E-state index in [4.69, 9.17) is 0 Å². The summed E-state index contributed by atoms with van der Waals surface area (Å²) in [7, 11) is 0. The largest absolute Gasteiger partial charge is 0.307 e. The molecule has 1 aliphatic rings. The standard InChI is InChI=1S/C29H28N4O/c1-5-20(4)21-14-16-23(17-15-21)33-28-24-11-7-6-10-22(24)18-32(29(34)19(2)3)26-13-9-8-12-25(26)27(28)30-31-33/h5-17,19H,18H2,1-4H3/b20-5-. The average molecular weight is 449 g/mol. The molecule has 0 radical (unpaired) electrons. The summed E-state index contributed by atoms with van der Waals surface area (Å²) in [6.07, 6.45) is 2.11. The first-order valence-corrected chi connectivity index (χ1v) is 11.7. The van der Waals surface area contributed by atoms with E-state index in [0.29, 0.717) is 6.54 Å². The Morgan fingerprint density at radius 3 is 2.32 bits per heavy atom. The molecule has 34 heavy (non-hydrogen) atoms. The van der Waals surface area contributed by atoms with Crippen molar-refractivity contribution in [2.45, 2.75) is 34.2 Å². The quantitative estimate of drug-likeness (QED) is 0.358. The van der Waals surface area contributed by atoms with Gasteiger partial charge in [-0.3, -0.25) is 4.79 Å². The Morgan fingerprint density at radius 1 is 0.941 bits per heavy atom. The number of benzene rings is 3. The van der Waals surface area contributed by atoms with Crippen LogP contribution < -0.4 is 4.90 Å². The molecule has 0 atom stereocenters. The lowest BCUT2D eigenvalue weighted by Gasteiger charge is -2.29. The number of anilines is 1. The number of hydrogen-bond acceptors (Lipinski definition) is 3. The second-order valence-electron chi connectivity index (χ2n) is 8.97. The van der Waals surface area contributed by atoms with E-state index >= 15 is 0 Å². The average Bonchev–Trinajstić information content (AvgIpc) is 3.30. The van der Waals surface area contributed by atoms with Crippen LogP contribution in [0.15, 0.2) is 78.9 Å². The molecule has 170 valence electrons. The van der Waals surface area contributed by atoms with E-state index in [1.54, 1.807) is 0 Å². The van der Waals surface area contributed by atoms with Gasteiger partial charge >= 0.3 is 0 Å². The van der Waals surface area contributed by atoms with E-state index < -0.39 is 0 Å². The smallest absolute Gasteiger partial charge is 0.229 e. The lowest BCUT2D eigenvalue weighted by Crippen LogP contribution is -2.34. The van der Waals surface area contributed by atoms with E-state index in [-0.39, 0.29) is 11.8 Å². The zero-order chi connectivity index (χ0) is 23.8. The third kappa shape index (κ3) is 3.63. The summed E-state index contributed by atoms with van der Waals surface area (Å²) in [5, 5.41) is 9.25. The van der Waals surface area contributed by atoms with Crippen molar-refractivity contribution >= 4 is 17.2 Å². The first-order valence-electron chi connectivity index (χ1n) is 11.7. The number of nitrogens with zero attached hydrogens (tertiary/aromatic N) is 4. The van der Waals surface area contributed by atoms with E-state index in [1.807, 2.05) is 66.8 Å². The van der Waals surface area contributed by atoms with E-state index in [0.717, 1.165) is 39.5 Å². The molecule has 5 heteroatoms. The van der Waals surface area contributed by atoms with Crippen molar-refractivity contribution in [1.82, 2.24) is 15.0 Å². The summed E-state index contributed by atoms with van der Waals surface area (Å²) < 4.78 is 1.92. The van der Waals surface area contributed by atoms with Crippen LogP contribution in [0.4, 0.5) is 5.69 Å². The van der Waals surface area contributed by atoms with Gasteiger partial charge in [0.25, 0.3) is 0 Å². The van der Waals surface area contributed by atoms with Crippen LogP contribution in [-0.2, 0) is 11.3 Å². The highest BCUT2D eigenvalue weighted by Crippen LogP contribution is 2.42. The normalized spacial score (nSPS) is 13.1. The zero-order valence-electron chi connectivity index (χ0n) is 20.0. The fourth-order valence-electron chi connectivity index (χ4n) is 4.48. The number of allylic oxidation sites excluding steroid dienone is 2. The van der Waals surface area contributed by atoms with Crippen molar-refractivity contribution in [2.75, 3.05) is 4.90 Å². The highest BCUT2D eigenvalue weighted by Gasteiger charge is 2.30. The molecule has 5 nitrogen and oxygen atoms in total. The van der Waals surface area contributed by atoms with Gasteiger partial charge < -0.3 is 4.90 Å². The van der Waals surface area contributed by atoms with Gasteiger partial charge in [-0.25, -0.2) is 4.68 Å². The number of rotatable bonds is 3. The van der Waals surface area contributed by atoms with Crippen LogP contribution in [0.2, 0.25) is 0 Å². The summed E-state index contributed by atoms with van der Waals surface area (Å²) in [4.78, 5) is 15.2. The molecular weight excluding hydrogens is 420 g/mol. The molecule has 2 heterocycles. The van der Waals surface area contributed by atoms with E-state index in [2.05, 4.69) is 59.7 Å². The van der Waals surface area contributed by atoms with Crippen LogP contribution in [0.1, 0.15) is 38.8 Å². The number of aromatic nitrogens is 3. The Hall–Kier alpha value is -3.99. The maximum absolute atomic E-state index is 13.3. The molecular formula is C29H28N4O. The van der Waals surface area contributed by atoms with Crippen LogP contribution >= 0.6 is 0 Å². The Labute approximate surface area is 200 Å². The molecule has 0 bridgehead atoms. The molecule has 0 saturated heterocycles. The predicted octanol–water partition coefficient (Wildman–Crippen LogP) is 6.53. The summed E-state index contributed by atoms with van der Waals surface area (Å²) in [5.74, 6) is -0.0260. The Bertz CT molecular complexity index is 1400. The molecule has 0 aliphatic carbocycles. The van der Waals surface area contributed by atoms with Crippen LogP contribution in [0.25, 0.3) is 33.8 Å². The highest BCUT2D eigenvalue weighted by molar-refractivity contribution is 6.01. The summed E-state index contributed by atoms with van der Waals surface area (Å²) in [6, 6.07) is 24.6. The Morgan fingerprint density at radius 2 is 1.62 bits per heavy atom. The van der Waals surface area contributed by atoms with Crippen LogP contribution in [0.3, 0.4) is 0 Å². The minimum absolute atomic E-state index is 0.0908. The van der Waals surface area contributed by atoms with E-state index in [1.165, 1.54) is 11.1 Å². The fourth-order valence-corrected chi connectivity index (χ4v) is 4.48. The molecule has 0 saturated carbocycles. The molecule has 3 aromatic carbocycles. The topological polar surface area (TPSA) is 51.0 Å². The van der Waals surface area contributed by atoms with Crippen molar-refractivity contribution in [2.24, 2.45) is 5.92 Å². The number of carbonyl (C=O) groups is 1. The minimum atomic E-state index is -0.117. The molecule has 0 unspecified atom stereocenters.